The lowest BCUT2D eigenvalue weighted by Crippen LogP contribution is -2.25. The highest BCUT2D eigenvalue weighted by atomic mass is 16.5. The lowest BCUT2D eigenvalue weighted by Gasteiger charge is -2.16. The molecule has 31 heavy (non-hydrogen) atoms. The molecule has 1 aliphatic rings. The third-order valence-corrected chi connectivity index (χ3v) is 4.87. The van der Waals surface area contributed by atoms with Crippen molar-refractivity contribution in [2.24, 2.45) is 0 Å². The number of carbonyl (C=O) groups is 2. The zero-order valence-electron chi connectivity index (χ0n) is 17.3. The number of nitrogens with zero attached hydrogens (tertiary/aromatic N) is 1. The average Bonchev–Trinajstić information content (AvgIpc) is 2.88. The van der Waals surface area contributed by atoms with E-state index in [1.54, 1.807) is 49.5 Å². The van der Waals surface area contributed by atoms with E-state index in [0.29, 0.717) is 45.6 Å². The van der Waals surface area contributed by atoms with Gasteiger partial charge in [0.1, 0.15) is 5.75 Å². The molecule has 0 bridgehead atoms. The van der Waals surface area contributed by atoms with Gasteiger partial charge in [-0.1, -0.05) is 18.2 Å². The number of rotatable bonds is 4. The summed E-state index contributed by atoms with van der Waals surface area (Å²) in [5.74, 6) is 1.67. The number of fused-ring (bicyclic) bond motifs is 2. The Morgan fingerprint density at radius 2 is 1.74 bits per heavy atom. The van der Waals surface area contributed by atoms with Gasteiger partial charge in [-0.2, -0.15) is 0 Å². The fraction of sp³-hybridized carbons (Fsp3) is 0.130. The van der Waals surface area contributed by atoms with Gasteiger partial charge >= 0.3 is 6.03 Å². The molecule has 3 aromatic rings. The average molecular weight is 419 g/mol. The Balaban J connectivity index is 1.57. The van der Waals surface area contributed by atoms with E-state index in [1.807, 2.05) is 18.2 Å². The predicted octanol–water partition coefficient (Wildman–Crippen LogP) is 4.73. The van der Waals surface area contributed by atoms with Crippen LogP contribution in [0.3, 0.4) is 0 Å². The van der Waals surface area contributed by atoms with Crippen molar-refractivity contribution in [3.63, 3.8) is 0 Å². The van der Waals surface area contributed by atoms with Crippen molar-refractivity contribution < 1.29 is 23.8 Å². The minimum Gasteiger partial charge on any atom is -0.493 e. The van der Waals surface area contributed by atoms with E-state index < -0.39 is 6.03 Å². The van der Waals surface area contributed by atoms with Crippen LogP contribution in [0.1, 0.15) is 10.4 Å². The predicted molar refractivity (Wildman–Crippen MR) is 118 cm³/mol. The number of hydrogen-bond donors (Lipinski definition) is 2. The molecule has 0 aromatic heterocycles. The van der Waals surface area contributed by atoms with Crippen LogP contribution in [-0.4, -0.2) is 33.2 Å². The molecular formula is C23H21N3O5. The van der Waals surface area contributed by atoms with Crippen molar-refractivity contribution in [2.45, 2.75) is 0 Å². The second-order valence-corrected chi connectivity index (χ2v) is 6.77. The van der Waals surface area contributed by atoms with E-state index in [4.69, 9.17) is 14.2 Å². The number of methoxy groups -OCH3 is 2. The topological polar surface area (TPSA) is 89.1 Å². The first-order valence-corrected chi connectivity index (χ1v) is 9.50. The smallest absolute Gasteiger partial charge is 0.323 e. The lowest BCUT2D eigenvalue weighted by atomic mass is 10.1. The summed E-state index contributed by atoms with van der Waals surface area (Å²) >= 11 is 0. The van der Waals surface area contributed by atoms with Gasteiger partial charge in [-0.15, -0.1) is 0 Å². The quantitative estimate of drug-likeness (QED) is 0.638. The normalized spacial score (nSPS) is 12.1. The van der Waals surface area contributed by atoms with E-state index in [9.17, 15) is 9.59 Å². The summed E-state index contributed by atoms with van der Waals surface area (Å²) in [5.41, 5.74) is 1.90. The van der Waals surface area contributed by atoms with Gasteiger partial charge < -0.3 is 29.7 Å². The Morgan fingerprint density at radius 3 is 2.52 bits per heavy atom. The summed E-state index contributed by atoms with van der Waals surface area (Å²) in [6, 6.07) is 16.9. The number of ether oxygens (including phenoxy) is 3. The second kappa shape index (κ2) is 8.27. The molecule has 0 aliphatic carbocycles. The molecule has 0 atom stereocenters. The summed E-state index contributed by atoms with van der Waals surface area (Å²) in [6.45, 7) is 0. The summed E-state index contributed by atoms with van der Waals surface area (Å²) < 4.78 is 16.5. The minimum atomic E-state index is -0.495. The molecule has 4 rings (SSSR count). The van der Waals surface area contributed by atoms with Crippen LogP contribution in [0, 0.1) is 0 Å². The Bertz CT molecular complexity index is 1160. The highest BCUT2D eigenvalue weighted by Crippen LogP contribution is 2.39. The maximum absolute atomic E-state index is 13.0. The van der Waals surface area contributed by atoms with Crippen molar-refractivity contribution in [1.82, 2.24) is 0 Å². The summed E-state index contributed by atoms with van der Waals surface area (Å²) in [6.07, 6.45) is 0. The summed E-state index contributed by atoms with van der Waals surface area (Å²) in [4.78, 5) is 27.1. The minimum absolute atomic E-state index is 0.238. The fourth-order valence-electron chi connectivity index (χ4n) is 3.36. The van der Waals surface area contributed by atoms with E-state index in [2.05, 4.69) is 10.6 Å². The summed E-state index contributed by atoms with van der Waals surface area (Å²) in [7, 11) is 4.70. The zero-order chi connectivity index (χ0) is 22.0. The van der Waals surface area contributed by atoms with E-state index in [-0.39, 0.29) is 5.91 Å². The molecular weight excluding hydrogens is 398 g/mol. The molecule has 0 fully saturated rings. The molecule has 0 radical (unpaired) electrons. The summed E-state index contributed by atoms with van der Waals surface area (Å²) in [5, 5.41) is 5.46. The van der Waals surface area contributed by atoms with Gasteiger partial charge in [-0.05, 0) is 42.5 Å². The molecule has 2 N–H and O–H groups in total. The maximum Gasteiger partial charge on any atom is 0.323 e. The van der Waals surface area contributed by atoms with Crippen LogP contribution in [0.5, 0.6) is 23.0 Å². The van der Waals surface area contributed by atoms with Crippen molar-refractivity contribution in [3.8, 4) is 23.0 Å². The standard InChI is InChI=1S/C23H21N3O5/c1-26-17-8-4-5-9-19(17)31-18-12-11-14(13-15(18)22(26)27)24-23(28)25-16-7-6-10-20(29-2)21(16)30-3/h4-13H,1-3H3,(H2,24,25,28). The van der Waals surface area contributed by atoms with Crippen LogP contribution < -0.4 is 29.7 Å². The first-order chi connectivity index (χ1) is 15.0. The van der Waals surface area contributed by atoms with Gasteiger partial charge in [0.15, 0.2) is 17.2 Å². The lowest BCUT2D eigenvalue weighted by molar-refractivity contribution is 0.0993. The van der Waals surface area contributed by atoms with Crippen LogP contribution in [-0.2, 0) is 0 Å². The van der Waals surface area contributed by atoms with Gasteiger partial charge in [-0.25, -0.2) is 4.79 Å². The first kappa shape index (κ1) is 20.1. The third-order valence-electron chi connectivity index (χ3n) is 4.87. The van der Waals surface area contributed by atoms with Gasteiger partial charge in [0.2, 0.25) is 0 Å². The van der Waals surface area contributed by atoms with Crippen molar-refractivity contribution in [1.29, 1.82) is 0 Å². The van der Waals surface area contributed by atoms with E-state index in [0.717, 1.165) is 0 Å². The van der Waals surface area contributed by atoms with Crippen LogP contribution in [0.2, 0.25) is 0 Å². The second-order valence-electron chi connectivity index (χ2n) is 6.77. The molecule has 0 saturated carbocycles. The number of para-hydroxylation sites is 3. The third kappa shape index (κ3) is 3.83. The van der Waals surface area contributed by atoms with Crippen LogP contribution in [0.25, 0.3) is 0 Å². The number of amides is 3. The Labute approximate surface area is 179 Å². The van der Waals surface area contributed by atoms with Crippen LogP contribution >= 0.6 is 0 Å². The fourth-order valence-corrected chi connectivity index (χ4v) is 3.36. The first-order valence-electron chi connectivity index (χ1n) is 9.50. The molecule has 0 saturated heterocycles. The number of nitrogens with one attached hydrogen (secondary N) is 2. The molecule has 3 aromatic carbocycles. The molecule has 158 valence electrons. The van der Waals surface area contributed by atoms with E-state index >= 15 is 0 Å². The number of urea groups is 1. The van der Waals surface area contributed by atoms with Crippen molar-refractivity contribution in [2.75, 3.05) is 36.8 Å². The van der Waals surface area contributed by atoms with Crippen LogP contribution in [0.4, 0.5) is 21.9 Å². The van der Waals surface area contributed by atoms with Crippen LogP contribution in [0.15, 0.2) is 60.7 Å². The highest BCUT2D eigenvalue weighted by Gasteiger charge is 2.26. The monoisotopic (exact) mass is 419 g/mol. The number of anilines is 3. The van der Waals surface area contributed by atoms with Gasteiger partial charge in [0.05, 0.1) is 31.2 Å². The Kier molecular flexibility index (Phi) is 5.36. The number of carbonyl (C=O) groups excluding carboxylic acids is 2. The SMILES string of the molecule is COc1cccc(NC(=O)Nc2ccc3c(c2)C(=O)N(C)c2ccccc2O3)c1OC. The molecule has 0 unspecified atom stereocenters. The molecule has 8 nitrogen and oxygen atoms in total. The number of hydrogen-bond acceptors (Lipinski definition) is 5. The molecule has 1 heterocycles. The largest absolute Gasteiger partial charge is 0.493 e. The molecule has 0 spiro atoms. The van der Waals surface area contributed by atoms with Crippen molar-refractivity contribution in [3.05, 3.63) is 66.2 Å². The van der Waals surface area contributed by atoms with Gasteiger partial charge in [0, 0.05) is 12.7 Å². The molecule has 1 aliphatic heterocycles. The Hall–Kier alpha value is -4.20. The van der Waals surface area contributed by atoms with Crippen molar-refractivity contribution >= 4 is 29.0 Å². The Morgan fingerprint density at radius 1 is 0.935 bits per heavy atom. The molecule has 3 amide bonds. The molecule has 8 heteroatoms. The van der Waals surface area contributed by atoms with E-state index in [1.165, 1.54) is 19.1 Å². The van der Waals surface area contributed by atoms with Gasteiger partial charge in [-0.3, -0.25) is 4.79 Å². The van der Waals surface area contributed by atoms with Gasteiger partial charge in [0.25, 0.3) is 5.91 Å². The maximum atomic E-state index is 13.0. The zero-order valence-corrected chi connectivity index (χ0v) is 17.3. The number of benzene rings is 3. The highest BCUT2D eigenvalue weighted by molar-refractivity contribution is 6.10.